The van der Waals surface area contributed by atoms with Gasteiger partial charge in [0.25, 0.3) is 0 Å². The van der Waals surface area contributed by atoms with E-state index in [1.54, 1.807) is 0 Å². The van der Waals surface area contributed by atoms with Gasteiger partial charge in [0.2, 0.25) is 5.91 Å². The SMILES string of the molecule is Cc1ccc(C(C)(C)C(=O)NCCc2nc(C(=O)O)cs2)cc1. The quantitative estimate of drug-likeness (QED) is 0.852. The molecule has 2 rings (SSSR count). The van der Waals surface area contributed by atoms with E-state index in [0.29, 0.717) is 18.0 Å². The molecule has 2 N–H and O–H groups in total. The highest BCUT2D eigenvalue weighted by molar-refractivity contribution is 7.09. The molecule has 0 aliphatic heterocycles. The van der Waals surface area contributed by atoms with Crippen molar-refractivity contribution >= 4 is 23.2 Å². The van der Waals surface area contributed by atoms with Crippen LogP contribution in [0.15, 0.2) is 29.6 Å². The predicted octanol–water partition coefficient (Wildman–Crippen LogP) is 2.79. The number of hydrogen-bond acceptors (Lipinski definition) is 4. The molecule has 0 bridgehead atoms. The zero-order chi connectivity index (χ0) is 17.0. The van der Waals surface area contributed by atoms with Gasteiger partial charge in [0.1, 0.15) is 0 Å². The second-order valence-electron chi connectivity index (χ2n) is 5.93. The Morgan fingerprint density at radius 1 is 1.26 bits per heavy atom. The van der Waals surface area contributed by atoms with Crippen LogP contribution in [0.5, 0.6) is 0 Å². The summed E-state index contributed by atoms with van der Waals surface area (Å²) in [6, 6.07) is 7.92. The van der Waals surface area contributed by atoms with Crippen molar-refractivity contribution in [2.45, 2.75) is 32.6 Å². The topological polar surface area (TPSA) is 79.3 Å². The number of carbonyl (C=O) groups excluding carboxylic acids is 1. The van der Waals surface area contributed by atoms with E-state index < -0.39 is 11.4 Å². The number of nitrogens with zero attached hydrogens (tertiary/aromatic N) is 1. The summed E-state index contributed by atoms with van der Waals surface area (Å²) in [5.74, 6) is -1.09. The smallest absolute Gasteiger partial charge is 0.355 e. The summed E-state index contributed by atoms with van der Waals surface area (Å²) in [7, 11) is 0. The first-order valence-electron chi connectivity index (χ1n) is 7.34. The van der Waals surface area contributed by atoms with E-state index >= 15 is 0 Å². The fraction of sp³-hybridized carbons (Fsp3) is 0.353. The molecule has 122 valence electrons. The Kier molecular flexibility index (Phi) is 5.15. The van der Waals surface area contributed by atoms with Gasteiger partial charge in [-0.15, -0.1) is 11.3 Å². The first-order valence-corrected chi connectivity index (χ1v) is 8.22. The Balaban J connectivity index is 1.92. The number of thiazole rings is 1. The summed E-state index contributed by atoms with van der Waals surface area (Å²) in [5.41, 5.74) is 1.55. The van der Waals surface area contributed by atoms with Crippen molar-refractivity contribution in [3.05, 3.63) is 51.5 Å². The fourth-order valence-electron chi connectivity index (χ4n) is 2.13. The van der Waals surface area contributed by atoms with E-state index in [4.69, 9.17) is 5.11 Å². The Hall–Kier alpha value is -2.21. The van der Waals surface area contributed by atoms with Crippen molar-refractivity contribution < 1.29 is 14.7 Å². The highest BCUT2D eigenvalue weighted by Crippen LogP contribution is 2.23. The van der Waals surface area contributed by atoms with Crippen molar-refractivity contribution in [3.63, 3.8) is 0 Å². The number of aromatic nitrogens is 1. The molecule has 0 atom stereocenters. The molecule has 0 fully saturated rings. The molecule has 5 nitrogen and oxygen atoms in total. The third-order valence-electron chi connectivity index (χ3n) is 3.74. The summed E-state index contributed by atoms with van der Waals surface area (Å²) in [6.07, 6.45) is 0.521. The van der Waals surface area contributed by atoms with E-state index in [2.05, 4.69) is 10.3 Å². The van der Waals surface area contributed by atoms with Gasteiger partial charge >= 0.3 is 5.97 Å². The zero-order valence-corrected chi connectivity index (χ0v) is 14.2. The number of carboxylic acids is 1. The van der Waals surface area contributed by atoms with Gasteiger partial charge in [-0.2, -0.15) is 0 Å². The number of benzene rings is 1. The Morgan fingerprint density at radius 2 is 1.91 bits per heavy atom. The van der Waals surface area contributed by atoms with Crippen LogP contribution in [0.1, 0.15) is 40.5 Å². The molecule has 0 unspecified atom stereocenters. The van der Waals surface area contributed by atoms with Crippen LogP contribution in [0.25, 0.3) is 0 Å². The van der Waals surface area contributed by atoms with Crippen LogP contribution in [0.3, 0.4) is 0 Å². The van der Waals surface area contributed by atoms with E-state index in [1.165, 1.54) is 16.7 Å². The molecule has 0 aliphatic carbocycles. The molecular weight excluding hydrogens is 312 g/mol. The van der Waals surface area contributed by atoms with Gasteiger partial charge in [-0.05, 0) is 26.3 Å². The molecule has 1 aromatic heterocycles. The third kappa shape index (κ3) is 4.16. The number of nitrogens with one attached hydrogen (secondary N) is 1. The number of carbonyl (C=O) groups is 2. The van der Waals surface area contributed by atoms with Crippen molar-refractivity contribution in [3.8, 4) is 0 Å². The summed E-state index contributed by atoms with van der Waals surface area (Å²) in [5, 5.41) is 14.0. The molecule has 1 aromatic carbocycles. The van der Waals surface area contributed by atoms with Gasteiger partial charge in [-0.3, -0.25) is 4.79 Å². The number of hydrogen-bond donors (Lipinski definition) is 2. The Morgan fingerprint density at radius 3 is 2.48 bits per heavy atom. The molecule has 6 heteroatoms. The van der Waals surface area contributed by atoms with Crippen molar-refractivity contribution in [1.29, 1.82) is 0 Å². The van der Waals surface area contributed by atoms with Gasteiger partial charge in [0.15, 0.2) is 5.69 Å². The van der Waals surface area contributed by atoms with Crippen LogP contribution >= 0.6 is 11.3 Å². The zero-order valence-electron chi connectivity index (χ0n) is 13.4. The molecule has 1 heterocycles. The minimum atomic E-state index is -1.03. The van der Waals surface area contributed by atoms with Gasteiger partial charge < -0.3 is 10.4 Å². The summed E-state index contributed by atoms with van der Waals surface area (Å²) >= 11 is 1.29. The Bertz CT molecular complexity index is 705. The van der Waals surface area contributed by atoms with Gasteiger partial charge in [-0.1, -0.05) is 29.8 Å². The second-order valence-corrected chi connectivity index (χ2v) is 6.87. The van der Waals surface area contributed by atoms with Gasteiger partial charge in [0.05, 0.1) is 10.4 Å². The number of aryl methyl sites for hydroxylation is 1. The number of aromatic carboxylic acids is 1. The largest absolute Gasteiger partial charge is 0.476 e. The van der Waals surface area contributed by atoms with E-state index in [-0.39, 0.29) is 11.6 Å². The van der Waals surface area contributed by atoms with Crippen molar-refractivity contribution in [2.24, 2.45) is 0 Å². The highest BCUT2D eigenvalue weighted by atomic mass is 32.1. The molecule has 0 saturated carbocycles. The summed E-state index contributed by atoms with van der Waals surface area (Å²) in [4.78, 5) is 27.2. The minimum absolute atomic E-state index is 0.0521. The average Bonchev–Trinajstić information content (AvgIpc) is 2.96. The van der Waals surface area contributed by atoms with Crippen LogP contribution in [-0.2, 0) is 16.6 Å². The maximum Gasteiger partial charge on any atom is 0.355 e. The average molecular weight is 332 g/mol. The number of amides is 1. The number of carboxylic acid groups (broad SMARTS) is 1. The highest BCUT2D eigenvalue weighted by Gasteiger charge is 2.29. The third-order valence-corrected chi connectivity index (χ3v) is 4.64. The molecule has 0 radical (unpaired) electrons. The van der Waals surface area contributed by atoms with Crippen LogP contribution < -0.4 is 5.32 Å². The van der Waals surface area contributed by atoms with Crippen molar-refractivity contribution in [1.82, 2.24) is 10.3 Å². The first-order chi connectivity index (χ1) is 10.8. The standard InChI is InChI=1S/C17H20N2O3S/c1-11-4-6-12(7-5-11)17(2,3)16(22)18-9-8-14-19-13(10-23-14)15(20)21/h4-7,10H,8-9H2,1-3H3,(H,18,22)(H,20,21). The maximum atomic E-state index is 12.4. The molecule has 0 aliphatic rings. The monoisotopic (exact) mass is 332 g/mol. The maximum absolute atomic E-state index is 12.4. The van der Waals surface area contributed by atoms with E-state index in [1.807, 2.05) is 45.0 Å². The molecule has 2 aromatic rings. The molecule has 1 amide bonds. The second kappa shape index (κ2) is 6.91. The molecular formula is C17H20N2O3S. The van der Waals surface area contributed by atoms with Crippen LogP contribution in [-0.4, -0.2) is 28.5 Å². The van der Waals surface area contributed by atoms with E-state index in [9.17, 15) is 9.59 Å². The predicted molar refractivity (Wildman–Crippen MR) is 90.0 cm³/mol. The lowest BCUT2D eigenvalue weighted by molar-refractivity contribution is -0.125. The minimum Gasteiger partial charge on any atom is -0.476 e. The van der Waals surface area contributed by atoms with Crippen LogP contribution in [0, 0.1) is 6.92 Å². The normalized spacial score (nSPS) is 11.3. The summed E-state index contributed by atoms with van der Waals surface area (Å²) < 4.78 is 0. The lowest BCUT2D eigenvalue weighted by Gasteiger charge is -2.24. The lowest BCUT2D eigenvalue weighted by Crippen LogP contribution is -2.40. The molecule has 23 heavy (non-hydrogen) atoms. The number of rotatable bonds is 6. The van der Waals surface area contributed by atoms with Crippen LogP contribution in [0.4, 0.5) is 0 Å². The molecule has 0 saturated heterocycles. The van der Waals surface area contributed by atoms with E-state index in [0.717, 1.165) is 11.1 Å². The van der Waals surface area contributed by atoms with Gasteiger partial charge in [-0.25, -0.2) is 9.78 Å². The van der Waals surface area contributed by atoms with Gasteiger partial charge in [0, 0.05) is 18.3 Å². The fourth-order valence-corrected chi connectivity index (χ4v) is 2.90. The van der Waals surface area contributed by atoms with Crippen molar-refractivity contribution in [2.75, 3.05) is 6.54 Å². The molecule has 0 spiro atoms. The summed E-state index contributed by atoms with van der Waals surface area (Å²) in [6.45, 7) is 6.22. The lowest BCUT2D eigenvalue weighted by atomic mass is 9.83. The first kappa shape index (κ1) is 17.1. The van der Waals surface area contributed by atoms with Crippen LogP contribution in [0.2, 0.25) is 0 Å². The Labute approximate surface area is 139 Å².